The second kappa shape index (κ2) is 4.48. The monoisotopic (exact) mass is 217 g/mol. The Bertz CT molecular complexity index is 488. The van der Waals surface area contributed by atoms with E-state index in [0.717, 1.165) is 11.4 Å². The van der Waals surface area contributed by atoms with Gasteiger partial charge in [0.2, 0.25) is 0 Å². The molecule has 0 aliphatic carbocycles. The molecule has 16 heavy (non-hydrogen) atoms. The summed E-state index contributed by atoms with van der Waals surface area (Å²) in [6.45, 7) is 0. The van der Waals surface area contributed by atoms with E-state index in [1.807, 2.05) is 28.8 Å². The number of hydrogen-bond acceptors (Lipinski definition) is 4. The summed E-state index contributed by atoms with van der Waals surface area (Å²) in [6, 6.07) is 7.57. The van der Waals surface area contributed by atoms with Crippen molar-refractivity contribution in [3.05, 3.63) is 42.5 Å². The van der Waals surface area contributed by atoms with Crippen LogP contribution in [0.15, 0.2) is 41.9 Å². The van der Waals surface area contributed by atoms with E-state index in [1.165, 1.54) is 6.21 Å². The van der Waals surface area contributed by atoms with E-state index in [-0.39, 0.29) is 0 Å². The van der Waals surface area contributed by atoms with Gasteiger partial charge in [0.25, 0.3) is 0 Å². The van der Waals surface area contributed by atoms with Crippen molar-refractivity contribution in [1.29, 1.82) is 0 Å². The van der Waals surface area contributed by atoms with E-state index in [0.29, 0.717) is 5.69 Å². The minimum atomic E-state index is 0.596. The standard InChI is InChI=1S/C11H11N3O2/c1-16-11-4-2-10(3-5-11)14-7-9(6-13-15)12-8-14/h2-8,15H,1H3/b13-6+. The van der Waals surface area contributed by atoms with Crippen molar-refractivity contribution in [1.82, 2.24) is 9.55 Å². The average molecular weight is 217 g/mol. The summed E-state index contributed by atoms with van der Waals surface area (Å²) in [5.41, 5.74) is 1.56. The lowest BCUT2D eigenvalue weighted by molar-refractivity contribution is 0.321. The summed E-state index contributed by atoms with van der Waals surface area (Å²) in [5.74, 6) is 0.806. The molecule has 0 saturated heterocycles. The zero-order chi connectivity index (χ0) is 11.4. The van der Waals surface area contributed by atoms with Crippen molar-refractivity contribution in [2.45, 2.75) is 0 Å². The molecule has 82 valence electrons. The lowest BCUT2D eigenvalue weighted by Crippen LogP contribution is -1.90. The number of imidazole rings is 1. The van der Waals surface area contributed by atoms with E-state index in [4.69, 9.17) is 9.94 Å². The van der Waals surface area contributed by atoms with Crippen LogP contribution >= 0.6 is 0 Å². The van der Waals surface area contributed by atoms with Gasteiger partial charge in [-0.2, -0.15) is 0 Å². The molecule has 0 aliphatic rings. The van der Waals surface area contributed by atoms with E-state index >= 15 is 0 Å². The summed E-state index contributed by atoms with van der Waals surface area (Å²) < 4.78 is 6.90. The fraction of sp³-hybridized carbons (Fsp3) is 0.0909. The zero-order valence-corrected chi connectivity index (χ0v) is 8.74. The molecule has 0 aliphatic heterocycles. The topological polar surface area (TPSA) is 59.6 Å². The van der Waals surface area contributed by atoms with Crippen LogP contribution in [-0.4, -0.2) is 28.1 Å². The minimum Gasteiger partial charge on any atom is -0.497 e. The molecule has 1 aromatic carbocycles. The Hall–Kier alpha value is -2.30. The summed E-state index contributed by atoms with van der Waals surface area (Å²) >= 11 is 0. The van der Waals surface area contributed by atoms with E-state index < -0.39 is 0 Å². The summed E-state index contributed by atoms with van der Waals surface area (Å²) in [7, 11) is 1.63. The number of aromatic nitrogens is 2. The second-order valence-electron chi connectivity index (χ2n) is 3.15. The molecule has 2 rings (SSSR count). The van der Waals surface area contributed by atoms with E-state index in [1.54, 1.807) is 19.6 Å². The van der Waals surface area contributed by atoms with Crippen LogP contribution in [0.4, 0.5) is 0 Å². The first-order valence-corrected chi connectivity index (χ1v) is 4.69. The highest BCUT2D eigenvalue weighted by atomic mass is 16.5. The molecule has 1 aromatic heterocycles. The first kappa shape index (κ1) is 10.2. The third-order valence-corrected chi connectivity index (χ3v) is 2.16. The van der Waals surface area contributed by atoms with Crippen molar-refractivity contribution in [3.8, 4) is 11.4 Å². The maximum absolute atomic E-state index is 8.37. The number of methoxy groups -OCH3 is 1. The van der Waals surface area contributed by atoms with Crippen LogP contribution in [0.25, 0.3) is 5.69 Å². The number of rotatable bonds is 3. The molecule has 5 nitrogen and oxygen atoms in total. The Kier molecular flexibility index (Phi) is 2.86. The van der Waals surface area contributed by atoms with Gasteiger partial charge in [0, 0.05) is 11.9 Å². The van der Waals surface area contributed by atoms with E-state index in [9.17, 15) is 0 Å². The van der Waals surface area contributed by atoms with Gasteiger partial charge in [0.1, 0.15) is 11.4 Å². The summed E-state index contributed by atoms with van der Waals surface area (Å²) in [5, 5.41) is 11.3. The van der Waals surface area contributed by atoms with Crippen LogP contribution in [-0.2, 0) is 0 Å². The van der Waals surface area contributed by atoms with Gasteiger partial charge < -0.3 is 14.5 Å². The van der Waals surface area contributed by atoms with Crippen LogP contribution in [0.1, 0.15) is 5.69 Å². The van der Waals surface area contributed by atoms with Crippen molar-refractivity contribution >= 4 is 6.21 Å². The Morgan fingerprint density at radius 1 is 1.38 bits per heavy atom. The lowest BCUT2D eigenvalue weighted by atomic mass is 10.3. The fourth-order valence-corrected chi connectivity index (χ4v) is 1.36. The quantitative estimate of drug-likeness (QED) is 0.483. The molecule has 0 fully saturated rings. The summed E-state index contributed by atoms with van der Waals surface area (Å²) in [6.07, 6.45) is 4.69. The summed E-state index contributed by atoms with van der Waals surface area (Å²) in [4.78, 5) is 4.05. The molecule has 0 unspecified atom stereocenters. The maximum Gasteiger partial charge on any atom is 0.119 e. The van der Waals surface area contributed by atoms with Crippen LogP contribution in [0, 0.1) is 0 Å². The number of oxime groups is 1. The molecule has 0 radical (unpaired) electrons. The predicted octanol–water partition coefficient (Wildman–Crippen LogP) is 1.69. The Balaban J connectivity index is 2.27. The number of ether oxygens (including phenoxy) is 1. The normalized spacial score (nSPS) is 10.8. The van der Waals surface area contributed by atoms with Gasteiger partial charge in [-0.15, -0.1) is 0 Å². The Labute approximate surface area is 92.6 Å². The second-order valence-corrected chi connectivity index (χ2v) is 3.15. The van der Waals surface area contributed by atoms with Crippen molar-refractivity contribution in [2.24, 2.45) is 5.16 Å². The molecule has 0 spiro atoms. The Morgan fingerprint density at radius 2 is 2.12 bits per heavy atom. The molecule has 0 amide bonds. The predicted molar refractivity (Wildman–Crippen MR) is 59.5 cm³/mol. The molecule has 5 heteroatoms. The van der Waals surface area contributed by atoms with Gasteiger partial charge in [-0.1, -0.05) is 5.16 Å². The molecular formula is C11H11N3O2. The van der Waals surface area contributed by atoms with Crippen molar-refractivity contribution in [3.63, 3.8) is 0 Å². The molecule has 0 atom stereocenters. The molecular weight excluding hydrogens is 206 g/mol. The number of hydrogen-bond donors (Lipinski definition) is 1. The smallest absolute Gasteiger partial charge is 0.119 e. The van der Waals surface area contributed by atoms with Gasteiger partial charge in [0.15, 0.2) is 0 Å². The average Bonchev–Trinajstić information content (AvgIpc) is 2.78. The van der Waals surface area contributed by atoms with E-state index in [2.05, 4.69) is 10.1 Å². The van der Waals surface area contributed by atoms with Crippen LogP contribution < -0.4 is 4.74 Å². The first-order valence-electron chi connectivity index (χ1n) is 4.69. The van der Waals surface area contributed by atoms with Crippen LogP contribution in [0.5, 0.6) is 5.75 Å². The number of nitrogens with zero attached hydrogens (tertiary/aromatic N) is 3. The van der Waals surface area contributed by atoms with Gasteiger partial charge in [0.05, 0.1) is 19.7 Å². The molecule has 1 heterocycles. The fourth-order valence-electron chi connectivity index (χ4n) is 1.36. The molecule has 0 saturated carbocycles. The lowest BCUT2D eigenvalue weighted by Gasteiger charge is -2.03. The Morgan fingerprint density at radius 3 is 2.75 bits per heavy atom. The van der Waals surface area contributed by atoms with Crippen LogP contribution in [0.3, 0.4) is 0 Å². The highest BCUT2D eigenvalue weighted by Crippen LogP contribution is 2.14. The third-order valence-electron chi connectivity index (χ3n) is 2.16. The van der Waals surface area contributed by atoms with Gasteiger partial charge in [-0.25, -0.2) is 4.98 Å². The third kappa shape index (κ3) is 2.03. The molecule has 0 bridgehead atoms. The molecule has 1 N–H and O–H groups in total. The van der Waals surface area contributed by atoms with Crippen molar-refractivity contribution in [2.75, 3.05) is 7.11 Å². The largest absolute Gasteiger partial charge is 0.497 e. The van der Waals surface area contributed by atoms with Gasteiger partial charge in [-0.3, -0.25) is 0 Å². The maximum atomic E-state index is 8.37. The van der Waals surface area contributed by atoms with Gasteiger partial charge in [-0.05, 0) is 24.3 Å². The molecule has 2 aromatic rings. The highest BCUT2D eigenvalue weighted by molar-refractivity contribution is 5.76. The van der Waals surface area contributed by atoms with Crippen molar-refractivity contribution < 1.29 is 9.94 Å². The minimum absolute atomic E-state index is 0.596. The first-order chi connectivity index (χ1) is 7.83. The van der Waals surface area contributed by atoms with Gasteiger partial charge >= 0.3 is 0 Å². The van der Waals surface area contributed by atoms with Crippen LogP contribution in [0.2, 0.25) is 0 Å². The highest BCUT2D eigenvalue weighted by Gasteiger charge is 1.99. The zero-order valence-electron chi connectivity index (χ0n) is 8.74. The SMILES string of the molecule is COc1ccc(-n2cnc(/C=N/O)c2)cc1. The number of benzene rings is 1.